The molecule has 6 heteroatoms. The predicted octanol–water partition coefficient (Wildman–Crippen LogP) is 1.82. The molecule has 2 heterocycles. The SMILES string of the molecule is O=C(NCC#Cc1ccc(N2CCOC2=O)cc1)c1cccnc1. The number of nitrogens with one attached hydrogen (secondary N) is 1. The lowest BCUT2D eigenvalue weighted by molar-refractivity contribution is 0.0958. The molecule has 0 unspecified atom stereocenters. The first-order valence-electron chi connectivity index (χ1n) is 7.45. The minimum absolute atomic E-state index is 0.208. The van der Waals surface area contributed by atoms with Crippen LogP contribution in [0.25, 0.3) is 0 Å². The van der Waals surface area contributed by atoms with Crippen LogP contribution in [0.1, 0.15) is 15.9 Å². The summed E-state index contributed by atoms with van der Waals surface area (Å²) in [6.45, 7) is 1.22. The van der Waals surface area contributed by atoms with Gasteiger partial charge in [0.15, 0.2) is 0 Å². The molecular weight excluding hydrogens is 306 g/mol. The largest absolute Gasteiger partial charge is 0.447 e. The predicted molar refractivity (Wildman–Crippen MR) is 88.6 cm³/mol. The van der Waals surface area contributed by atoms with Gasteiger partial charge in [-0.2, -0.15) is 0 Å². The highest BCUT2D eigenvalue weighted by Crippen LogP contribution is 2.18. The molecule has 2 amide bonds. The van der Waals surface area contributed by atoms with Crippen LogP contribution < -0.4 is 10.2 Å². The van der Waals surface area contributed by atoms with Gasteiger partial charge in [-0.15, -0.1) is 0 Å². The summed E-state index contributed by atoms with van der Waals surface area (Å²) < 4.78 is 4.90. The van der Waals surface area contributed by atoms with Crippen LogP contribution in [0.3, 0.4) is 0 Å². The average Bonchev–Trinajstić information content (AvgIpc) is 3.06. The van der Waals surface area contributed by atoms with Crippen molar-refractivity contribution in [2.75, 3.05) is 24.6 Å². The number of amides is 2. The Balaban J connectivity index is 1.54. The molecule has 1 N–H and O–H groups in total. The molecule has 1 aromatic heterocycles. The van der Waals surface area contributed by atoms with Gasteiger partial charge in [-0.3, -0.25) is 14.7 Å². The van der Waals surface area contributed by atoms with Gasteiger partial charge in [-0.1, -0.05) is 11.8 Å². The fourth-order valence-corrected chi connectivity index (χ4v) is 2.22. The van der Waals surface area contributed by atoms with Crippen molar-refractivity contribution in [2.24, 2.45) is 0 Å². The first-order valence-corrected chi connectivity index (χ1v) is 7.45. The summed E-state index contributed by atoms with van der Waals surface area (Å²) in [5, 5.41) is 2.71. The van der Waals surface area contributed by atoms with Crippen LogP contribution in [0.2, 0.25) is 0 Å². The number of carbonyl (C=O) groups excluding carboxylic acids is 2. The Hall–Kier alpha value is -3.33. The lowest BCUT2D eigenvalue weighted by Gasteiger charge is -2.11. The molecule has 0 aliphatic carbocycles. The van der Waals surface area contributed by atoms with Crippen molar-refractivity contribution in [3.63, 3.8) is 0 Å². The number of rotatable bonds is 3. The van der Waals surface area contributed by atoms with Crippen molar-refractivity contribution in [3.05, 3.63) is 59.9 Å². The molecule has 1 aromatic carbocycles. The summed E-state index contributed by atoms with van der Waals surface area (Å²) in [4.78, 5) is 28.8. The number of anilines is 1. The van der Waals surface area contributed by atoms with Gasteiger partial charge >= 0.3 is 6.09 Å². The lowest BCUT2D eigenvalue weighted by Crippen LogP contribution is -2.23. The summed E-state index contributed by atoms with van der Waals surface area (Å²) in [6.07, 6.45) is 2.79. The van der Waals surface area contributed by atoms with Crippen LogP contribution in [0, 0.1) is 11.8 Å². The fraction of sp³-hybridized carbons (Fsp3) is 0.167. The van der Waals surface area contributed by atoms with Gasteiger partial charge in [0.05, 0.1) is 18.7 Å². The van der Waals surface area contributed by atoms with Crippen molar-refractivity contribution < 1.29 is 14.3 Å². The van der Waals surface area contributed by atoms with Crippen molar-refractivity contribution in [3.8, 4) is 11.8 Å². The van der Waals surface area contributed by atoms with Gasteiger partial charge in [0.25, 0.3) is 5.91 Å². The van der Waals surface area contributed by atoms with Crippen molar-refractivity contribution in [1.29, 1.82) is 0 Å². The number of ether oxygens (including phenoxy) is 1. The Bertz CT molecular complexity index is 792. The molecule has 0 radical (unpaired) electrons. The monoisotopic (exact) mass is 321 g/mol. The second-order valence-electron chi connectivity index (χ2n) is 5.04. The van der Waals surface area contributed by atoms with Crippen LogP contribution in [0.5, 0.6) is 0 Å². The van der Waals surface area contributed by atoms with Gasteiger partial charge < -0.3 is 10.1 Å². The number of aromatic nitrogens is 1. The summed E-state index contributed by atoms with van der Waals surface area (Å²) in [5.41, 5.74) is 2.09. The number of nitrogens with zero attached hydrogens (tertiary/aromatic N) is 2. The van der Waals surface area contributed by atoms with E-state index in [1.807, 2.05) is 24.3 Å². The second-order valence-corrected chi connectivity index (χ2v) is 5.04. The third-order valence-electron chi connectivity index (χ3n) is 3.43. The van der Waals surface area contributed by atoms with Crippen molar-refractivity contribution in [1.82, 2.24) is 10.3 Å². The lowest BCUT2D eigenvalue weighted by atomic mass is 10.2. The number of hydrogen-bond donors (Lipinski definition) is 1. The highest BCUT2D eigenvalue weighted by molar-refractivity contribution is 5.94. The van der Waals surface area contributed by atoms with E-state index in [-0.39, 0.29) is 18.5 Å². The maximum Gasteiger partial charge on any atom is 0.414 e. The Morgan fingerprint density at radius 1 is 1.29 bits per heavy atom. The molecule has 0 bridgehead atoms. The molecule has 2 aromatic rings. The molecule has 0 saturated carbocycles. The molecule has 120 valence electrons. The van der Waals surface area contributed by atoms with Crippen LogP contribution in [-0.4, -0.2) is 36.7 Å². The Kier molecular flexibility index (Phi) is 4.73. The van der Waals surface area contributed by atoms with E-state index < -0.39 is 0 Å². The van der Waals surface area contributed by atoms with E-state index in [1.165, 1.54) is 6.20 Å². The van der Waals surface area contributed by atoms with Crippen LogP contribution in [-0.2, 0) is 4.74 Å². The maximum absolute atomic E-state index is 11.8. The van der Waals surface area contributed by atoms with Crippen LogP contribution in [0.15, 0.2) is 48.8 Å². The molecule has 6 nitrogen and oxygen atoms in total. The fourth-order valence-electron chi connectivity index (χ4n) is 2.22. The summed E-state index contributed by atoms with van der Waals surface area (Å²) in [6, 6.07) is 10.7. The number of cyclic esters (lactones) is 1. The van der Waals surface area contributed by atoms with E-state index in [0.717, 1.165) is 11.3 Å². The molecular formula is C18H15N3O3. The number of pyridine rings is 1. The van der Waals surface area contributed by atoms with Crippen LogP contribution in [0.4, 0.5) is 10.5 Å². The quantitative estimate of drug-likeness (QED) is 0.875. The summed E-state index contributed by atoms with van der Waals surface area (Å²) in [7, 11) is 0. The van der Waals surface area contributed by atoms with E-state index in [0.29, 0.717) is 18.7 Å². The third-order valence-corrected chi connectivity index (χ3v) is 3.43. The third kappa shape index (κ3) is 3.70. The molecule has 1 saturated heterocycles. The molecule has 1 aliphatic heterocycles. The molecule has 1 aliphatic rings. The molecule has 3 rings (SSSR count). The van der Waals surface area contributed by atoms with Gasteiger partial charge in [-0.25, -0.2) is 4.79 Å². The molecule has 24 heavy (non-hydrogen) atoms. The molecule has 0 spiro atoms. The Morgan fingerprint density at radius 2 is 2.12 bits per heavy atom. The van der Waals surface area contributed by atoms with Gasteiger partial charge in [0.1, 0.15) is 6.61 Å². The first kappa shape index (κ1) is 15.6. The minimum Gasteiger partial charge on any atom is -0.447 e. The Labute approximate surface area is 139 Å². The highest BCUT2D eigenvalue weighted by Gasteiger charge is 2.23. The normalized spacial score (nSPS) is 13.0. The zero-order valence-corrected chi connectivity index (χ0v) is 12.9. The van der Waals surface area contributed by atoms with E-state index in [9.17, 15) is 9.59 Å². The Morgan fingerprint density at radius 3 is 2.79 bits per heavy atom. The summed E-state index contributed by atoms with van der Waals surface area (Å²) >= 11 is 0. The van der Waals surface area contributed by atoms with E-state index in [1.54, 1.807) is 23.2 Å². The highest BCUT2D eigenvalue weighted by atomic mass is 16.6. The van der Waals surface area contributed by atoms with E-state index >= 15 is 0 Å². The zero-order valence-electron chi connectivity index (χ0n) is 12.9. The maximum atomic E-state index is 11.8. The first-order chi connectivity index (χ1) is 11.7. The summed E-state index contributed by atoms with van der Waals surface area (Å²) in [5.74, 6) is 5.65. The van der Waals surface area contributed by atoms with Crippen LogP contribution >= 0.6 is 0 Å². The van der Waals surface area contributed by atoms with E-state index in [2.05, 4.69) is 22.1 Å². The topological polar surface area (TPSA) is 71.5 Å². The second kappa shape index (κ2) is 7.29. The number of benzene rings is 1. The van der Waals surface area contributed by atoms with Crippen molar-refractivity contribution >= 4 is 17.7 Å². The molecule has 1 fully saturated rings. The zero-order chi connectivity index (χ0) is 16.8. The van der Waals surface area contributed by atoms with Gasteiger partial charge in [-0.05, 0) is 36.4 Å². The van der Waals surface area contributed by atoms with Gasteiger partial charge in [0.2, 0.25) is 0 Å². The standard InChI is InChI=1S/C18H15N3O3/c22-17(15-4-2-9-19-13-15)20-10-1-3-14-5-7-16(8-6-14)21-11-12-24-18(21)23/h2,4-9,13H,10-12H2,(H,20,22). The average molecular weight is 321 g/mol. The minimum atomic E-state index is -0.327. The smallest absolute Gasteiger partial charge is 0.414 e. The number of carbonyl (C=O) groups is 2. The number of hydrogen-bond acceptors (Lipinski definition) is 4. The van der Waals surface area contributed by atoms with Crippen molar-refractivity contribution in [2.45, 2.75) is 0 Å². The van der Waals surface area contributed by atoms with E-state index in [4.69, 9.17) is 4.74 Å². The molecule has 0 atom stereocenters. The van der Waals surface area contributed by atoms with Gasteiger partial charge in [0, 0.05) is 23.6 Å².